The van der Waals surface area contributed by atoms with Crippen LogP contribution in [0.25, 0.3) is 16.6 Å². The molecule has 2 fully saturated rings. The lowest BCUT2D eigenvalue weighted by atomic mass is 10.2. The summed E-state index contributed by atoms with van der Waals surface area (Å²) >= 11 is 0. The van der Waals surface area contributed by atoms with Crippen LogP contribution in [0.1, 0.15) is 43.9 Å². The van der Waals surface area contributed by atoms with Crippen LogP contribution in [-0.2, 0) is 0 Å². The van der Waals surface area contributed by atoms with E-state index in [-0.39, 0.29) is 5.56 Å². The van der Waals surface area contributed by atoms with Crippen molar-refractivity contribution in [2.75, 3.05) is 10.6 Å². The molecule has 2 aliphatic carbocycles. The third-order valence-electron chi connectivity index (χ3n) is 6.18. The van der Waals surface area contributed by atoms with Gasteiger partial charge in [0.25, 0.3) is 11.5 Å². The zero-order valence-corrected chi connectivity index (χ0v) is 17.4. The van der Waals surface area contributed by atoms with Crippen molar-refractivity contribution in [2.24, 2.45) is 0 Å². The molecule has 9 nitrogen and oxygen atoms in total. The Labute approximate surface area is 183 Å². The molecule has 4 heterocycles. The minimum atomic E-state index is -0.103. The summed E-state index contributed by atoms with van der Waals surface area (Å²) in [7, 11) is 0. The topological polar surface area (TPSA) is 111 Å². The fourth-order valence-corrected chi connectivity index (χ4v) is 4.32. The van der Waals surface area contributed by atoms with Crippen molar-refractivity contribution >= 4 is 22.7 Å². The number of nitrogens with one attached hydrogen (secondary N) is 2. The molecule has 0 saturated heterocycles. The zero-order chi connectivity index (χ0) is 21.5. The van der Waals surface area contributed by atoms with Crippen molar-refractivity contribution in [3.63, 3.8) is 0 Å². The Hall–Kier alpha value is -3.75. The van der Waals surface area contributed by atoms with E-state index in [1.807, 2.05) is 18.2 Å². The predicted octanol–water partition coefficient (Wildman–Crippen LogP) is 3.49. The second-order valence-corrected chi connectivity index (χ2v) is 8.55. The molecule has 2 N–H and O–H groups in total. The minimum Gasteiger partial charge on any atom is -0.367 e. The molecule has 32 heavy (non-hydrogen) atoms. The van der Waals surface area contributed by atoms with Crippen LogP contribution in [0.3, 0.4) is 0 Å². The van der Waals surface area contributed by atoms with Crippen molar-refractivity contribution in [3.05, 3.63) is 65.2 Å². The first kappa shape index (κ1) is 19.0. The van der Waals surface area contributed by atoms with Crippen LogP contribution in [0.15, 0.2) is 58.2 Å². The van der Waals surface area contributed by atoms with Gasteiger partial charge >= 0.3 is 0 Å². The number of pyridine rings is 3. The second-order valence-electron chi connectivity index (χ2n) is 8.55. The Morgan fingerprint density at radius 1 is 1.00 bits per heavy atom. The molecule has 162 valence electrons. The molecule has 2 saturated carbocycles. The summed E-state index contributed by atoms with van der Waals surface area (Å²) in [6, 6.07) is 9.84. The van der Waals surface area contributed by atoms with Gasteiger partial charge in [-0.05, 0) is 67.6 Å². The predicted molar refractivity (Wildman–Crippen MR) is 120 cm³/mol. The van der Waals surface area contributed by atoms with E-state index in [0.717, 1.165) is 49.5 Å². The minimum absolute atomic E-state index is 0.103. The quantitative estimate of drug-likeness (QED) is 0.479. The molecule has 9 heteroatoms. The van der Waals surface area contributed by atoms with E-state index >= 15 is 0 Å². The second kappa shape index (κ2) is 7.74. The number of aromatic nitrogens is 5. The van der Waals surface area contributed by atoms with Gasteiger partial charge in [-0.3, -0.25) is 14.3 Å². The van der Waals surface area contributed by atoms with Gasteiger partial charge in [-0.15, -0.1) is 0 Å². The SMILES string of the molecule is O=c1c2cccnc2ccn1-c1ccc(N[C@H]2CC[C@H](Nc3noc(C4CC4)n3)C2)nc1. The van der Waals surface area contributed by atoms with Crippen LogP contribution >= 0.6 is 0 Å². The molecular formula is C23H23N7O2. The Bertz CT molecular complexity index is 1310. The van der Waals surface area contributed by atoms with E-state index in [1.54, 1.807) is 35.3 Å². The number of hydrogen-bond acceptors (Lipinski definition) is 8. The van der Waals surface area contributed by atoms with E-state index in [9.17, 15) is 4.79 Å². The lowest BCUT2D eigenvalue weighted by molar-refractivity contribution is 0.379. The fraction of sp³-hybridized carbons (Fsp3) is 0.348. The third kappa shape index (κ3) is 3.70. The van der Waals surface area contributed by atoms with Gasteiger partial charge in [0.1, 0.15) is 5.82 Å². The third-order valence-corrected chi connectivity index (χ3v) is 6.18. The fourth-order valence-electron chi connectivity index (χ4n) is 4.32. The van der Waals surface area contributed by atoms with Crippen LogP contribution in [0.4, 0.5) is 11.8 Å². The number of anilines is 2. The van der Waals surface area contributed by atoms with Gasteiger partial charge in [0.05, 0.1) is 22.8 Å². The summed E-state index contributed by atoms with van der Waals surface area (Å²) in [4.78, 5) is 26.0. The molecule has 0 bridgehead atoms. The molecule has 0 unspecified atom stereocenters. The Kier molecular flexibility index (Phi) is 4.59. The number of hydrogen-bond donors (Lipinski definition) is 2. The molecule has 2 aliphatic rings. The normalized spacial score (nSPS) is 20.5. The van der Waals surface area contributed by atoms with Crippen LogP contribution in [0.5, 0.6) is 0 Å². The van der Waals surface area contributed by atoms with Crippen LogP contribution < -0.4 is 16.2 Å². The number of fused-ring (bicyclic) bond motifs is 1. The Morgan fingerprint density at radius 2 is 1.88 bits per heavy atom. The summed E-state index contributed by atoms with van der Waals surface area (Å²) in [5.74, 6) is 2.61. The van der Waals surface area contributed by atoms with Gasteiger partial charge in [0.15, 0.2) is 0 Å². The lowest BCUT2D eigenvalue weighted by Crippen LogP contribution is -2.22. The van der Waals surface area contributed by atoms with Crippen molar-refractivity contribution in [1.82, 2.24) is 24.7 Å². The average Bonchev–Trinajstić information content (AvgIpc) is 3.42. The summed E-state index contributed by atoms with van der Waals surface area (Å²) < 4.78 is 6.92. The highest BCUT2D eigenvalue weighted by Crippen LogP contribution is 2.39. The summed E-state index contributed by atoms with van der Waals surface area (Å²) in [6.07, 6.45) is 10.5. The molecule has 0 amide bonds. The highest BCUT2D eigenvalue weighted by atomic mass is 16.5. The molecule has 0 aromatic carbocycles. The van der Waals surface area contributed by atoms with E-state index in [4.69, 9.17) is 4.52 Å². The van der Waals surface area contributed by atoms with Gasteiger partial charge in [-0.25, -0.2) is 4.98 Å². The van der Waals surface area contributed by atoms with E-state index in [1.165, 1.54) is 0 Å². The summed E-state index contributed by atoms with van der Waals surface area (Å²) in [5, 5.41) is 11.5. The first-order valence-corrected chi connectivity index (χ1v) is 11.0. The first-order valence-electron chi connectivity index (χ1n) is 11.0. The maximum absolute atomic E-state index is 12.8. The molecule has 4 aromatic heterocycles. The molecule has 2 atom stereocenters. The smallest absolute Gasteiger partial charge is 0.264 e. The standard InChI is InChI=1S/C23H23N7O2/c31-22-18-2-1-10-24-19(18)9-11-30(22)17-7-8-20(25-13-17)26-15-5-6-16(12-15)27-23-28-21(32-29-23)14-3-4-14/h1-2,7-11,13-16H,3-6,12H2,(H,25,26)(H,27,29)/t15-,16-/m0/s1. The maximum atomic E-state index is 12.8. The number of rotatable bonds is 6. The highest BCUT2D eigenvalue weighted by molar-refractivity contribution is 5.77. The summed E-state index contributed by atoms with van der Waals surface area (Å²) in [6.45, 7) is 0. The number of nitrogens with zero attached hydrogens (tertiary/aromatic N) is 5. The molecule has 4 aromatic rings. The largest absolute Gasteiger partial charge is 0.367 e. The van der Waals surface area contributed by atoms with E-state index < -0.39 is 0 Å². The zero-order valence-electron chi connectivity index (χ0n) is 17.4. The van der Waals surface area contributed by atoms with Crippen molar-refractivity contribution in [2.45, 2.75) is 50.1 Å². The van der Waals surface area contributed by atoms with Crippen LogP contribution in [0, 0.1) is 0 Å². The van der Waals surface area contributed by atoms with E-state index in [2.05, 4.69) is 30.7 Å². The van der Waals surface area contributed by atoms with Crippen molar-refractivity contribution < 1.29 is 4.52 Å². The average molecular weight is 429 g/mol. The molecule has 0 spiro atoms. The van der Waals surface area contributed by atoms with Gasteiger partial charge in [-0.1, -0.05) is 0 Å². The highest BCUT2D eigenvalue weighted by Gasteiger charge is 2.31. The van der Waals surface area contributed by atoms with Gasteiger partial charge in [0.2, 0.25) is 5.89 Å². The van der Waals surface area contributed by atoms with Gasteiger partial charge in [-0.2, -0.15) is 4.98 Å². The molecule has 0 aliphatic heterocycles. The van der Waals surface area contributed by atoms with Crippen molar-refractivity contribution in [3.8, 4) is 5.69 Å². The van der Waals surface area contributed by atoms with Crippen LogP contribution in [-0.4, -0.2) is 36.8 Å². The summed E-state index contributed by atoms with van der Waals surface area (Å²) in [5.41, 5.74) is 1.31. The molecular weight excluding hydrogens is 406 g/mol. The van der Waals surface area contributed by atoms with Crippen molar-refractivity contribution in [1.29, 1.82) is 0 Å². The van der Waals surface area contributed by atoms with E-state index in [0.29, 0.717) is 34.9 Å². The van der Waals surface area contributed by atoms with Gasteiger partial charge < -0.3 is 15.2 Å². The molecule has 0 radical (unpaired) electrons. The maximum Gasteiger partial charge on any atom is 0.264 e. The monoisotopic (exact) mass is 429 g/mol. The Morgan fingerprint density at radius 3 is 2.69 bits per heavy atom. The van der Waals surface area contributed by atoms with Gasteiger partial charge in [0, 0.05) is 30.4 Å². The first-order chi connectivity index (χ1) is 15.7. The Balaban J connectivity index is 1.10. The molecule has 6 rings (SSSR count). The lowest BCUT2D eigenvalue weighted by Gasteiger charge is -2.15. The van der Waals surface area contributed by atoms with Crippen LogP contribution in [0.2, 0.25) is 0 Å².